The molecule has 0 radical (unpaired) electrons. The lowest BCUT2D eigenvalue weighted by Crippen LogP contribution is -2.20. The van der Waals surface area contributed by atoms with Gasteiger partial charge in [-0.15, -0.1) is 0 Å². The molecule has 0 aromatic heterocycles. The molecule has 5 heteroatoms. The van der Waals surface area contributed by atoms with Crippen molar-refractivity contribution in [3.8, 4) is 5.75 Å². The van der Waals surface area contributed by atoms with Gasteiger partial charge in [0.2, 0.25) is 0 Å². The van der Waals surface area contributed by atoms with Crippen LogP contribution in [0.3, 0.4) is 0 Å². The molecule has 2 rings (SSSR count). The minimum atomic E-state index is -3.01. The molecule has 1 atom stereocenters. The van der Waals surface area contributed by atoms with Crippen LogP contribution in [-0.4, -0.2) is 27.3 Å². The molecular formula is C11H13NO3S. The van der Waals surface area contributed by atoms with Crippen molar-refractivity contribution in [1.29, 1.82) is 0 Å². The van der Waals surface area contributed by atoms with E-state index < -0.39 is 9.84 Å². The van der Waals surface area contributed by atoms with Gasteiger partial charge >= 0.3 is 0 Å². The molecule has 0 fully saturated rings. The molecule has 1 aliphatic rings. The minimum absolute atomic E-state index is 0.115. The molecule has 1 aromatic carbocycles. The highest BCUT2D eigenvalue weighted by molar-refractivity contribution is 7.94. The van der Waals surface area contributed by atoms with Crippen molar-refractivity contribution in [3.63, 3.8) is 0 Å². The number of anilines is 1. The van der Waals surface area contributed by atoms with Gasteiger partial charge in [0.15, 0.2) is 9.84 Å². The largest absolute Gasteiger partial charge is 0.497 e. The van der Waals surface area contributed by atoms with Crippen LogP contribution < -0.4 is 10.1 Å². The lowest BCUT2D eigenvalue weighted by atomic mass is 10.2. The fourth-order valence-electron chi connectivity index (χ4n) is 1.59. The molecule has 0 saturated heterocycles. The van der Waals surface area contributed by atoms with Gasteiger partial charge in [0, 0.05) is 17.2 Å². The van der Waals surface area contributed by atoms with E-state index in [9.17, 15) is 8.42 Å². The lowest BCUT2D eigenvalue weighted by Gasteiger charge is -2.12. The Morgan fingerprint density at radius 2 is 2.25 bits per heavy atom. The summed E-state index contributed by atoms with van der Waals surface area (Å²) < 4.78 is 27.5. The standard InChI is InChI=1S/C11H13NO3S/c1-15-11-4-2-3-9(7-11)12-10-5-6-16(13,14)8-10/h2-7,10,12H,8H2,1H3/t10-/m1/s1. The first kappa shape index (κ1) is 11.0. The maximum atomic E-state index is 11.2. The van der Waals surface area contributed by atoms with Gasteiger partial charge in [-0.25, -0.2) is 8.42 Å². The summed E-state index contributed by atoms with van der Waals surface area (Å²) in [5.74, 6) is 0.861. The number of ether oxygens (including phenoxy) is 1. The molecule has 1 aromatic rings. The van der Waals surface area contributed by atoms with E-state index in [1.165, 1.54) is 5.41 Å². The number of hydrogen-bond acceptors (Lipinski definition) is 4. The van der Waals surface area contributed by atoms with E-state index in [4.69, 9.17) is 4.74 Å². The van der Waals surface area contributed by atoms with E-state index in [2.05, 4.69) is 5.32 Å². The van der Waals surface area contributed by atoms with Gasteiger partial charge in [0.1, 0.15) is 5.75 Å². The van der Waals surface area contributed by atoms with Crippen molar-refractivity contribution in [1.82, 2.24) is 0 Å². The fraction of sp³-hybridized carbons (Fsp3) is 0.273. The Balaban J connectivity index is 2.08. The highest BCUT2D eigenvalue weighted by Gasteiger charge is 2.21. The summed E-state index contributed by atoms with van der Waals surface area (Å²) >= 11 is 0. The van der Waals surface area contributed by atoms with Gasteiger partial charge in [0.05, 0.1) is 18.9 Å². The molecular weight excluding hydrogens is 226 g/mol. The highest BCUT2D eigenvalue weighted by atomic mass is 32.2. The first-order chi connectivity index (χ1) is 7.59. The van der Waals surface area contributed by atoms with Crippen molar-refractivity contribution in [3.05, 3.63) is 35.7 Å². The smallest absolute Gasteiger partial charge is 0.173 e. The van der Waals surface area contributed by atoms with Crippen molar-refractivity contribution >= 4 is 15.5 Å². The minimum Gasteiger partial charge on any atom is -0.497 e. The second-order valence-corrected chi connectivity index (χ2v) is 5.57. The number of benzene rings is 1. The van der Waals surface area contributed by atoms with Crippen LogP contribution in [0.2, 0.25) is 0 Å². The zero-order valence-corrected chi connectivity index (χ0v) is 9.70. The van der Waals surface area contributed by atoms with Crippen molar-refractivity contribution in [2.24, 2.45) is 0 Å². The molecule has 0 spiro atoms. The summed E-state index contributed by atoms with van der Waals surface area (Å²) in [5.41, 5.74) is 0.853. The molecule has 0 saturated carbocycles. The zero-order chi connectivity index (χ0) is 11.6. The van der Waals surface area contributed by atoms with E-state index in [0.29, 0.717) is 0 Å². The van der Waals surface area contributed by atoms with Gasteiger partial charge < -0.3 is 10.1 Å². The average Bonchev–Trinajstić information content (AvgIpc) is 2.58. The second kappa shape index (κ2) is 4.17. The number of nitrogens with one attached hydrogen (secondary N) is 1. The quantitative estimate of drug-likeness (QED) is 0.866. The molecule has 0 bridgehead atoms. The average molecular weight is 239 g/mol. The predicted molar refractivity (Wildman–Crippen MR) is 63.3 cm³/mol. The SMILES string of the molecule is COc1cccc(N[C@@H]2C=CS(=O)(=O)C2)c1. The molecule has 16 heavy (non-hydrogen) atoms. The number of hydrogen-bond donors (Lipinski definition) is 1. The first-order valence-corrected chi connectivity index (χ1v) is 6.62. The van der Waals surface area contributed by atoms with Gasteiger partial charge in [-0.3, -0.25) is 0 Å². The van der Waals surface area contributed by atoms with Crippen LogP contribution in [0.5, 0.6) is 5.75 Å². The van der Waals surface area contributed by atoms with Crippen LogP contribution in [-0.2, 0) is 9.84 Å². The van der Waals surface area contributed by atoms with E-state index in [1.807, 2.05) is 24.3 Å². The maximum absolute atomic E-state index is 11.2. The highest BCUT2D eigenvalue weighted by Crippen LogP contribution is 2.19. The van der Waals surface area contributed by atoms with Crippen molar-refractivity contribution < 1.29 is 13.2 Å². The Kier molecular flexibility index (Phi) is 2.87. The molecule has 1 aliphatic heterocycles. The second-order valence-electron chi connectivity index (χ2n) is 3.64. The van der Waals surface area contributed by atoms with E-state index >= 15 is 0 Å². The number of rotatable bonds is 3. The normalized spacial score (nSPS) is 21.9. The predicted octanol–water partition coefficient (Wildman–Crippen LogP) is 1.42. The summed E-state index contributed by atoms with van der Waals surface area (Å²) in [6.45, 7) is 0. The Bertz CT molecular complexity index is 508. The maximum Gasteiger partial charge on any atom is 0.173 e. The fourth-order valence-corrected chi connectivity index (χ4v) is 2.83. The third kappa shape index (κ3) is 2.55. The van der Waals surface area contributed by atoms with Crippen LogP contribution in [0.1, 0.15) is 0 Å². The van der Waals surface area contributed by atoms with Gasteiger partial charge in [-0.2, -0.15) is 0 Å². The topological polar surface area (TPSA) is 55.4 Å². The first-order valence-electron chi connectivity index (χ1n) is 4.91. The summed E-state index contributed by atoms with van der Waals surface area (Å²) in [5, 5.41) is 4.38. The molecule has 0 unspecified atom stereocenters. The molecule has 4 nitrogen and oxygen atoms in total. The van der Waals surface area contributed by atoms with E-state index in [1.54, 1.807) is 13.2 Å². The summed E-state index contributed by atoms with van der Waals surface area (Å²) in [4.78, 5) is 0. The van der Waals surface area contributed by atoms with Gasteiger partial charge in [-0.05, 0) is 12.1 Å². The van der Waals surface area contributed by atoms with Crippen LogP contribution in [0, 0.1) is 0 Å². The third-order valence-corrected chi connectivity index (χ3v) is 3.75. The molecule has 0 amide bonds. The van der Waals surface area contributed by atoms with Crippen LogP contribution >= 0.6 is 0 Å². The van der Waals surface area contributed by atoms with E-state index in [0.717, 1.165) is 11.4 Å². The van der Waals surface area contributed by atoms with Gasteiger partial charge in [0.25, 0.3) is 0 Å². The Labute approximate surface area is 94.8 Å². The number of sulfone groups is 1. The molecule has 0 aliphatic carbocycles. The Morgan fingerprint density at radius 1 is 1.44 bits per heavy atom. The van der Waals surface area contributed by atoms with Crippen LogP contribution in [0.25, 0.3) is 0 Å². The molecule has 86 valence electrons. The summed E-state index contributed by atoms with van der Waals surface area (Å²) in [7, 11) is -1.41. The van der Waals surface area contributed by atoms with E-state index in [-0.39, 0.29) is 11.8 Å². The van der Waals surface area contributed by atoms with Crippen LogP contribution in [0.15, 0.2) is 35.7 Å². The van der Waals surface area contributed by atoms with Crippen molar-refractivity contribution in [2.45, 2.75) is 6.04 Å². The Morgan fingerprint density at radius 3 is 2.88 bits per heavy atom. The lowest BCUT2D eigenvalue weighted by molar-refractivity contribution is 0.415. The molecule has 1 heterocycles. The molecule has 1 N–H and O–H groups in total. The monoisotopic (exact) mass is 239 g/mol. The van der Waals surface area contributed by atoms with Crippen molar-refractivity contribution in [2.75, 3.05) is 18.2 Å². The third-order valence-electron chi connectivity index (χ3n) is 2.35. The number of methoxy groups -OCH3 is 1. The summed E-state index contributed by atoms with van der Waals surface area (Å²) in [6.07, 6.45) is 1.66. The van der Waals surface area contributed by atoms with Crippen LogP contribution in [0.4, 0.5) is 5.69 Å². The zero-order valence-electron chi connectivity index (χ0n) is 8.88. The summed E-state index contributed by atoms with van der Waals surface area (Å²) in [6, 6.07) is 7.25. The van der Waals surface area contributed by atoms with Gasteiger partial charge in [-0.1, -0.05) is 12.1 Å². The Hall–Kier alpha value is -1.49.